The maximum absolute atomic E-state index is 11.8. The second-order valence-corrected chi connectivity index (χ2v) is 5.15. The van der Waals surface area contributed by atoms with E-state index < -0.39 is 5.91 Å². The van der Waals surface area contributed by atoms with Gasteiger partial charge in [-0.1, -0.05) is 41.9 Å². The van der Waals surface area contributed by atoms with Crippen molar-refractivity contribution in [3.8, 4) is 5.75 Å². The van der Waals surface area contributed by atoms with E-state index in [0.29, 0.717) is 23.6 Å². The molecule has 0 aromatic heterocycles. The molecule has 2 rings (SSSR count). The molecule has 6 heteroatoms. The Balaban J connectivity index is 1.65. The summed E-state index contributed by atoms with van der Waals surface area (Å²) in [5, 5.41) is 0.329. The Hall–Kier alpha value is -2.53. The van der Waals surface area contributed by atoms with Gasteiger partial charge in [-0.15, -0.1) is 0 Å². The van der Waals surface area contributed by atoms with E-state index >= 15 is 0 Å². The Morgan fingerprint density at radius 2 is 1.65 bits per heavy atom. The van der Waals surface area contributed by atoms with E-state index in [1.165, 1.54) is 0 Å². The first-order valence-corrected chi connectivity index (χ1v) is 7.56. The molecule has 0 bridgehead atoms. The van der Waals surface area contributed by atoms with Crippen LogP contribution in [0.5, 0.6) is 5.75 Å². The summed E-state index contributed by atoms with van der Waals surface area (Å²) in [6.45, 7) is 0.426. The van der Waals surface area contributed by atoms with Crippen molar-refractivity contribution in [2.24, 2.45) is 0 Å². The van der Waals surface area contributed by atoms with Crippen molar-refractivity contribution >= 4 is 23.4 Å². The zero-order valence-corrected chi connectivity index (χ0v) is 13.2. The van der Waals surface area contributed by atoms with Crippen LogP contribution in [0, 0.1) is 0 Å². The first kappa shape index (κ1) is 16.8. The van der Waals surface area contributed by atoms with Crippen LogP contribution in [0.4, 0.5) is 0 Å². The van der Waals surface area contributed by atoms with Crippen molar-refractivity contribution in [2.45, 2.75) is 12.8 Å². The number of hydrogen-bond acceptors (Lipinski definition) is 3. The van der Waals surface area contributed by atoms with Crippen LogP contribution in [-0.4, -0.2) is 18.4 Å². The number of para-hydroxylation sites is 1. The number of carbonyl (C=O) groups is 2. The number of rotatable bonds is 6. The van der Waals surface area contributed by atoms with Crippen LogP contribution in [0.1, 0.15) is 23.2 Å². The quantitative estimate of drug-likeness (QED) is 0.631. The summed E-state index contributed by atoms with van der Waals surface area (Å²) in [5.74, 6) is 0.0199. The zero-order valence-electron chi connectivity index (χ0n) is 12.4. The second-order valence-electron chi connectivity index (χ2n) is 4.75. The third-order valence-corrected chi connectivity index (χ3v) is 3.32. The Morgan fingerprint density at radius 3 is 2.39 bits per heavy atom. The van der Waals surface area contributed by atoms with E-state index in [1.807, 2.05) is 30.3 Å². The number of ether oxygens (including phenoxy) is 1. The van der Waals surface area contributed by atoms with Crippen molar-refractivity contribution in [1.29, 1.82) is 0 Å². The minimum atomic E-state index is -0.454. The van der Waals surface area contributed by atoms with Crippen LogP contribution in [-0.2, 0) is 4.79 Å². The molecule has 0 heterocycles. The summed E-state index contributed by atoms with van der Waals surface area (Å²) in [6.07, 6.45) is 0.790. The molecule has 23 heavy (non-hydrogen) atoms. The molecule has 120 valence electrons. The molecule has 2 N–H and O–H groups in total. The van der Waals surface area contributed by atoms with Gasteiger partial charge in [0.2, 0.25) is 5.91 Å². The molecule has 0 aliphatic heterocycles. The van der Waals surface area contributed by atoms with E-state index in [0.717, 1.165) is 5.75 Å². The number of carbonyl (C=O) groups excluding carboxylic acids is 2. The van der Waals surface area contributed by atoms with Crippen LogP contribution in [0.15, 0.2) is 54.6 Å². The van der Waals surface area contributed by atoms with Gasteiger partial charge in [0.1, 0.15) is 5.75 Å². The number of nitrogens with one attached hydrogen (secondary N) is 2. The van der Waals surface area contributed by atoms with Crippen LogP contribution < -0.4 is 15.6 Å². The molecule has 0 unspecified atom stereocenters. The molecule has 0 radical (unpaired) electrons. The van der Waals surface area contributed by atoms with Crippen LogP contribution in [0.25, 0.3) is 0 Å². The molecule has 2 aromatic rings. The molecule has 0 aliphatic carbocycles. The Morgan fingerprint density at radius 1 is 0.957 bits per heavy atom. The van der Waals surface area contributed by atoms with Crippen molar-refractivity contribution in [1.82, 2.24) is 10.9 Å². The highest BCUT2D eigenvalue weighted by atomic mass is 35.5. The summed E-state index contributed by atoms with van der Waals surface area (Å²) < 4.78 is 5.48. The highest BCUT2D eigenvalue weighted by Crippen LogP contribution is 2.14. The van der Waals surface area contributed by atoms with Crippen molar-refractivity contribution in [2.75, 3.05) is 6.61 Å². The summed E-state index contributed by atoms with van der Waals surface area (Å²) in [6, 6.07) is 16.0. The molecular weight excluding hydrogens is 316 g/mol. The molecule has 0 atom stereocenters. The molecule has 2 aromatic carbocycles. The lowest BCUT2D eigenvalue weighted by Crippen LogP contribution is -2.41. The van der Waals surface area contributed by atoms with Gasteiger partial charge in [-0.05, 0) is 30.7 Å². The lowest BCUT2D eigenvalue weighted by atomic mass is 10.2. The first-order chi connectivity index (χ1) is 11.2. The van der Waals surface area contributed by atoms with Crippen LogP contribution >= 0.6 is 11.6 Å². The molecule has 2 amide bonds. The van der Waals surface area contributed by atoms with E-state index in [-0.39, 0.29) is 12.3 Å². The van der Waals surface area contributed by atoms with Gasteiger partial charge in [0.25, 0.3) is 5.91 Å². The fourth-order valence-corrected chi connectivity index (χ4v) is 2.06. The van der Waals surface area contributed by atoms with Gasteiger partial charge < -0.3 is 4.74 Å². The SMILES string of the molecule is O=C(CCCOc1ccccc1)NNC(=O)c1ccccc1Cl. The molecular formula is C17H17ClN2O3. The van der Waals surface area contributed by atoms with Gasteiger partial charge in [-0.3, -0.25) is 20.4 Å². The smallest absolute Gasteiger partial charge is 0.271 e. The Bertz CT molecular complexity index is 662. The van der Waals surface area contributed by atoms with Crippen LogP contribution in [0.2, 0.25) is 5.02 Å². The predicted molar refractivity (Wildman–Crippen MR) is 88.2 cm³/mol. The van der Waals surface area contributed by atoms with Gasteiger partial charge in [-0.25, -0.2) is 0 Å². The highest BCUT2D eigenvalue weighted by molar-refractivity contribution is 6.33. The maximum Gasteiger partial charge on any atom is 0.271 e. The summed E-state index contributed by atoms with van der Waals surface area (Å²) >= 11 is 5.90. The van der Waals surface area contributed by atoms with Gasteiger partial charge in [0, 0.05) is 6.42 Å². The number of hydrazine groups is 1. The fraction of sp³-hybridized carbons (Fsp3) is 0.176. The average Bonchev–Trinajstić information content (AvgIpc) is 2.58. The molecule has 0 fully saturated rings. The normalized spacial score (nSPS) is 9.96. The fourth-order valence-electron chi connectivity index (χ4n) is 1.84. The number of benzene rings is 2. The maximum atomic E-state index is 11.8. The summed E-state index contributed by atoms with van der Waals surface area (Å²) in [5.41, 5.74) is 5.00. The standard InChI is InChI=1S/C17H17ClN2O3/c18-15-10-5-4-9-14(15)17(22)20-19-16(21)11-6-12-23-13-7-2-1-3-8-13/h1-5,7-10H,6,11-12H2,(H,19,21)(H,20,22). The largest absolute Gasteiger partial charge is 0.494 e. The summed E-state index contributed by atoms with van der Waals surface area (Å²) in [4.78, 5) is 23.5. The van der Waals surface area contributed by atoms with Crippen molar-refractivity contribution in [3.63, 3.8) is 0 Å². The lowest BCUT2D eigenvalue weighted by Gasteiger charge is -2.09. The minimum absolute atomic E-state index is 0.246. The van der Waals surface area contributed by atoms with Gasteiger partial charge >= 0.3 is 0 Å². The third kappa shape index (κ3) is 5.64. The minimum Gasteiger partial charge on any atom is -0.494 e. The first-order valence-electron chi connectivity index (χ1n) is 7.18. The molecule has 0 spiro atoms. The van der Waals surface area contributed by atoms with E-state index in [9.17, 15) is 9.59 Å². The average molecular weight is 333 g/mol. The molecule has 5 nitrogen and oxygen atoms in total. The van der Waals surface area contributed by atoms with Gasteiger partial charge in [0.05, 0.1) is 17.2 Å². The van der Waals surface area contributed by atoms with Crippen LogP contribution in [0.3, 0.4) is 0 Å². The Kier molecular flexibility index (Phi) is 6.44. The summed E-state index contributed by atoms with van der Waals surface area (Å²) in [7, 11) is 0. The highest BCUT2D eigenvalue weighted by Gasteiger charge is 2.10. The monoisotopic (exact) mass is 332 g/mol. The van der Waals surface area contributed by atoms with E-state index in [1.54, 1.807) is 24.3 Å². The Labute approximate surface area is 139 Å². The molecule has 0 aliphatic rings. The van der Waals surface area contributed by atoms with Crippen molar-refractivity contribution < 1.29 is 14.3 Å². The topological polar surface area (TPSA) is 67.4 Å². The molecule has 0 saturated carbocycles. The third-order valence-electron chi connectivity index (χ3n) is 2.99. The zero-order chi connectivity index (χ0) is 16.5. The lowest BCUT2D eigenvalue weighted by molar-refractivity contribution is -0.122. The molecule has 0 saturated heterocycles. The number of halogens is 1. The number of hydrogen-bond donors (Lipinski definition) is 2. The van der Waals surface area contributed by atoms with E-state index in [4.69, 9.17) is 16.3 Å². The number of amides is 2. The second kappa shape index (κ2) is 8.80. The predicted octanol–water partition coefficient (Wildman–Crippen LogP) is 2.96. The van der Waals surface area contributed by atoms with E-state index in [2.05, 4.69) is 10.9 Å². The van der Waals surface area contributed by atoms with Crippen molar-refractivity contribution in [3.05, 3.63) is 65.2 Å². The van der Waals surface area contributed by atoms with Gasteiger partial charge in [0.15, 0.2) is 0 Å². The van der Waals surface area contributed by atoms with Gasteiger partial charge in [-0.2, -0.15) is 0 Å².